The minimum absolute atomic E-state index is 0.406. The third kappa shape index (κ3) is 2.80. The van der Waals surface area contributed by atoms with E-state index in [1.165, 1.54) is 0 Å². The van der Waals surface area contributed by atoms with Crippen molar-refractivity contribution in [1.29, 1.82) is 0 Å². The second kappa shape index (κ2) is 5.88. The molecule has 5 heteroatoms. The van der Waals surface area contributed by atoms with Crippen LogP contribution < -0.4 is 10.1 Å². The molecule has 21 heavy (non-hydrogen) atoms. The van der Waals surface area contributed by atoms with Crippen LogP contribution in [0.15, 0.2) is 46.9 Å². The molecule has 0 saturated carbocycles. The van der Waals surface area contributed by atoms with Crippen molar-refractivity contribution in [1.82, 2.24) is 0 Å². The molecule has 108 valence electrons. The summed E-state index contributed by atoms with van der Waals surface area (Å²) in [6.45, 7) is 0.554. The van der Waals surface area contributed by atoms with Crippen LogP contribution in [-0.2, 0) is 6.54 Å². The predicted molar refractivity (Wildman–Crippen MR) is 86.6 cm³/mol. The van der Waals surface area contributed by atoms with Crippen LogP contribution in [0.5, 0.6) is 5.75 Å². The molecule has 0 bridgehead atoms. The van der Waals surface area contributed by atoms with Gasteiger partial charge in [-0.05, 0) is 35.9 Å². The monoisotopic (exact) mass is 321 g/mol. The molecule has 1 heterocycles. The number of fused-ring (bicyclic) bond motifs is 1. The molecule has 0 amide bonds. The Morgan fingerprint density at radius 2 is 1.95 bits per heavy atom. The van der Waals surface area contributed by atoms with E-state index in [9.17, 15) is 0 Å². The zero-order chi connectivity index (χ0) is 14.8. The Kier molecular flexibility index (Phi) is 3.95. The number of benzene rings is 2. The highest BCUT2D eigenvalue weighted by Crippen LogP contribution is 2.31. The van der Waals surface area contributed by atoms with Crippen LogP contribution in [0.3, 0.4) is 0 Å². The average Bonchev–Trinajstić information content (AvgIpc) is 2.81. The van der Waals surface area contributed by atoms with Crippen molar-refractivity contribution in [3.63, 3.8) is 0 Å². The molecule has 0 atom stereocenters. The van der Waals surface area contributed by atoms with E-state index < -0.39 is 0 Å². The average molecular weight is 322 g/mol. The Hall–Kier alpha value is -1.84. The lowest BCUT2D eigenvalue weighted by molar-refractivity contribution is 0.415. The number of ether oxygens (including phenoxy) is 1. The van der Waals surface area contributed by atoms with Gasteiger partial charge < -0.3 is 14.5 Å². The third-order valence-electron chi connectivity index (χ3n) is 3.27. The van der Waals surface area contributed by atoms with Gasteiger partial charge in [0.15, 0.2) is 5.22 Å². The molecule has 1 N–H and O–H groups in total. The Bertz CT molecular complexity index is 783. The number of hydrogen-bond acceptors (Lipinski definition) is 3. The van der Waals surface area contributed by atoms with Crippen molar-refractivity contribution in [2.75, 3.05) is 12.4 Å². The van der Waals surface area contributed by atoms with Gasteiger partial charge in [0.2, 0.25) is 0 Å². The Balaban J connectivity index is 1.83. The molecule has 0 radical (unpaired) electrons. The van der Waals surface area contributed by atoms with Crippen molar-refractivity contribution in [2.24, 2.45) is 0 Å². The van der Waals surface area contributed by atoms with Gasteiger partial charge in [0.1, 0.15) is 11.3 Å². The Morgan fingerprint density at radius 1 is 1.14 bits per heavy atom. The SMILES string of the molecule is COc1ccc(NCc2c(Cl)oc3ccccc23)cc1Cl. The maximum Gasteiger partial charge on any atom is 0.199 e. The van der Waals surface area contributed by atoms with Crippen LogP contribution in [0.4, 0.5) is 5.69 Å². The third-order valence-corrected chi connectivity index (χ3v) is 3.87. The summed E-state index contributed by atoms with van der Waals surface area (Å²) in [7, 11) is 1.59. The molecule has 0 unspecified atom stereocenters. The quantitative estimate of drug-likeness (QED) is 0.702. The fraction of sp³-hybridized carbons (Fsp3) is 0.125. The van der Waals surface area contributed by atoms with Gasteiger partial charge in [-0.25, -0.2) is 0 Å². The number of anilines is 1. The fourth-order valence-corrected chi connectivity index (χ4v) is 2.71. The van der Waals surface area contributed by atoms with Crippen molar-refractivity contribution < 1.29 is 9.15 Å². The zero-order valence-electron chi connectivity index (χ0n) is 11.3. The van der Waals surface area contributed by atoms with Gasteiger partial charge in [-0.1, -0.05) is 29.8 Å². The normalized spacial score (nSPS) is 10.8. The van der Waals surface area contributed by atoms with E-state index in [2.05, 4.69) is 5.32 Å². The van der Waals surface area contributed by atoms with E-state index >= 15 is 0 Å². The van der Waals surface area contributed by atoms with Gasteiger partial charge in [0, 0.05) is 23.2 Å². The molecular formula is C16H13Cl2NO2. The highest BCUT2D eigenvalue weighted by Gasteiger charge is 2.12. The molecule has 3 rings (SSSR count). The summed E-state index contributed by atoms with van der Waals surface area (Å²) in [4.78, 5) is 0. The van der Waals surface area contributed by atoms with E-state index in [4.69, 9.17) is 32.4 Å². The smallest absolute Gasteiger partial charge is 0.199 e. The topological polar surface area (TPSA) is 34.4 Å². The molecule has 0 aliphatic rings. The van der Waals surface area contributed by atoms with E-state index in [-0.39, 0.29) is 0 Å². The summed E-state index contributed by atoms with van der Waals surface area (Å²) in [6, 6.07) is 13.3. The lowest BCUT2D eigenvalue weighted by atomic mass is 10.2. The predicted octanol–water partition coefficient (Wildman–Crippen LogP) is 5.36. The van der Waals surface area contributed by atoms with Gasteiger partial charge in [-0.2, -0.15) is 0 Å². The fourth-order valence-electron chi connectivity index (χ4n) is 2.20. The molecule has 0 aliphatic heterocycles. The minimum atomic E-state index is 0.406. The van der Waals surface area contributed by atoms with Gasteiger partial charge >= 0.3 is 0 Å². The largest absolute Gasteiger partial charge is 0.495 e. The lowest BCUT2D eigenvalue weighted by Gasteiger charge is -2.08. The van der Waals surface area contributed by atoms with E-state index in [1.807, 2.05) is 42.5 Å². The van der Waals surface area contributed by atoms with Crippen LogP contribution in [0.2, 0.25) is 10.2 Å². The number of nitrogens with one attached hydrogen (secondary N) is 1. The molecule has 3 nitrogen and oxygen atoms in total. The Morgan fingerprint density at radius 3 is 2.71 bits per heavy atom. The summed E-state index contributed by atoms with van der Waals surface area (Å²) in [5.74, 6) is 0.647. The first kappa shape index (κ1) is 14.1. The minimum Gasteiger partial charge on any atom is -0.495 e. The molecule has 3 aromatic rings. The zero-order valence-corrected chi connectivity index (χ0v) is 12.8. The van der Waals surface area contributed by atoms with Crippen LogP contribution in [0.1, 0.15) is 5.56 Å². The van der Waals surface area contributed by atoms with Crippen molar-refractivity contribution >= 4 is 39.9 Å². The second-order valence-corrected chi connectivity index (χ2v) is 5.30. The van der Waals surface area contributed by atoms with E-state index in [0.29, 0.717) is 22.5 Å². The summed E-state index contributed by atoms with van der Waals surface area (Å²) in [6.07, 6.45) is 0. The van der Waals surface area contributed by atoms with Gasteiger partial charge in [-0.3, -0.25) is 0 Å². The highest BCUT2D eigenvalue weighted by molar-refractivity contribution is 6.32. The highest BCUT2D eigenvalue weighted by atomic mass is 35.5. The van der Waals surface area contributed by atoms with Gasteiger partial charge in [0.25, 0.3) is 0 Å². The van der Waals surface area contributed by atoms with Gasteiger partial charge in [-0.15, -0.1) is 0 Å². The van der Waals surface area contributed by atoms with Crippen LogP contribution in [-0.4, -0.2) is 7.11 Å². The molecule has 2 aromatic carbocycles. The molecule has 0 spiro atoms. The summed E-state index contributed by atoms with van der Waals surface area (Å²) >= 11 is 12.3. The molecular weight excluding hydrogens is 309 g/mol. The van der Waals surface area contributed by atoms with E-state index in [0.717, 1.165) is 22.2 Å². The van der Waals surface area contributed by atoms with Crippen molar-refractivity contribution in [3.05, 3.63) is 58.3 Å². The molecule has 0 fully saturated rings. The lowest BCUT2D eigenvalue weighted by Crippen LogP contribution is -1.99. The molecule has 0 aliphatic carbocycles. The van der Waals surface area contributed by atoms with Crippen LogP contribution in [0.25, 0.3) is 11.0 Å². The van der Waals surface area contributed by atoms with Crippen LogP contribution >= 0.6 is 23.2 Å². The van der Waals surface area contributed by atoms with Crippen molar-refractivity contribution in [3.8, 4) is 5.75 Å². The number of halogens is 2. The Labute approximate surface area is 132 Å². The van der Waals surface area contributed by atoms with E-state index in [1.54, 1.807) is 7.11 Å². The number of furan rings is 1. The first-order valence-electron chi connectivity index (χ1n) is 6.42. The summed E-state index contributed by atoms with van der Waals surface area (Å²) in [5, 5.41) is 5.26. The number of para-hydroxylation sites is 1. The molecule has 0 saturated heterocycles. The first-order chi connectivity index (χ1) is 10.2. The van der Waals surface area contributed by atoms with Crippen molar-refractivity contribution in [2.45, 2.75) is 6.54 Å². The first-order valence-corrected chi connectivity index (χ1v) is 7.18. The molecule has 1 aromatic heterocycles. The maximum absolute atomic E-state index is 6.16. The number of rotatable bonds is 4. The van der Waals surface area contributed by atoms with Crippen LogP contribution in [0, 0.1) is 0 Å². The maximum atomic E-state index is 6.16. The second-order valence-electron chi connectivity index (χ2n) is 4.55. The van der Waals surface area contributed by atoms with Gasteiger partial charge in [0.05, 0.1) is 12.1 Å². The standard InChI is InChI=1S/C16H13Cl2NO2/c1-20-15-7-6-10(8-13(15)17)19-9-12-11-4-2-3-5-14(11)21-16(12)18/h2-8,19H,9H2,1H3. The summed E-state index contributed by atoms with van der Waals surface area (Å²) < 4.78 is 10.7. The number of hydrogen-bond donors (Lipinski definition) is 1. The summed E-state index contributed by atoms with van der Waals surface area (Å²) in [5.41, 5.74) is 2.61. The number of methoxy groups -OCH3 is 1.